The molecule has 0 aromatic rings. The van der Waals surface area contributed by atoms with Gasteiger partial charge < -0.3 is 10.4 Å². The smallest absolute Gasteiger partial charge is 0.329 e. The van der Waals surface area contributed by atoms with Crippen molar-refractivity contribution in [3.05, 3.63) is 0 Å². The molecule has 7 heteroatoms. The number of carbonyl (C=O) groups excluding carboxylic acids is 2. The van der Waals surface area contributed by atoms with Crippen LogP contribution in [0.3, 0.4) is 0 Å². The number of nitrogens with zero attached hydrogens (tertiary/aromatic N) is 1. The fourth-order valence-corrected chi connectivity index (χ4v) is 2.33. The van der Waals surface area contributed by atoms with Gasteiger partial charge in [0.1, 0.15) is 11.3 Å². The molecular formula is C11H15N3O4. The van der Waals surface area contributed by atoms with E-state index >= 15 is 0 Å². The monoisotopic (exact) mass is 253 g/mol. The van der Waals surface area contributed by atoms with Gasteiger partial charge in [0.25, 0.3) is 5.91 Å². The lowest BCUT2D eigenvalue weighted by Gasteiger charge is -2.33. The van der Waals surface area contributed by atoms with Crippen LogP contribution in [0.5, 0.6) is 0 Å². The molecule has 3 N–H and O–H groups in total. The van der Waals surface area contributed by atoms with E-state index in [9.17, 15) is 19.5 Å². The van der Waals surface area contributed by atoms with Crippen LogP contribution in [-0.2, 0) is 14.4 Å². The summed E-state index contributed by atoms with van der Waals surface area (Å²) in [4.78, 5) is 34.2. The van der Waals surface area contributed by atoms with E-state index in [4.69, 9.17) is 0 Å². The van der Waals surface area contributed by atoms with Crippen LogP contribution in [0.25, 0.3) is 0 Å². The third kappa shape index (κ3) is 2.34. The van der Waals surface area contributed by atoms with Crippen LogP contribution < -0.4 is 10.7 Å². The Morgan fingerprint density at radius 3 is 2.44 bits per heavy atom. The SMILES string of the molecule is O=C1CC(C(=O)NC2(C(=O)O)CCCCC2)=NN1. The standard InChI is InChI=1S/C11H15N3O4/c15-8-6-7(13-14-8)9(16)12-11(10(17)18)4-2-1-3-5-11/h1-6H2,(H,12,16)(H,14,15)(H,17,18). The molecule has 0 spiro atoms. The number of rotatable bonds is 3. The van der Waals surface area contributed by atoms with Crippen LogP contribution in [0, 0.1) is 0 Å². The Morgan fingerprint density at radius 1 is 1.28 bits per heavy atom. The molecule has 0 saturated heterocycles. The molecule has 1 saturated carbocycles. The highest BCUT2D eigenvalue weighted by atomic mass is 16.4. The highest BCUT2D eigenvalue weighted by Gasteiger charge is 2.42. The van der Waals surface area contributed by atoms with Gasteiger partial charge in [0.2, 0.25) is 5.91 Å². The molecule has 7 nitrogen and oxygen atoms in total. The Labute approximate surface area is 104 Å². The van der Waals surface area contributed by atoms with Crippen LogP contribution in [0.15, 0.2) is 5.10 Å². The first kappa shape index (κ1) is 12.5. The van der Waals surface area contributed by atoms with Gasteiger partial charge >= 0.3 is 5.97 Å². The second-order valence-electron chi connectivity index (χ2n) is 4.67. The predicted octanol–water partition coefficient (Wildman–Crippen LogP) is -0.234. The Morgan fingerprint density at radius 2 is 1.94 bits per heavy atom. The quantitative estimate of drug-likeness (QED) is 0.645. The third-order valence-corrected chi connectivity index (χ3v) is 3.37. The lowest BCUT2D eigenvalue weighted by atomic mass is 9.81. The Hall–Kier alpha value is -1.92. The number of carboxylic acids is 1. The van der Waals surface area contributed by atoms with Crippen molar-refractivity contribution in [3.8, 4) is 0 Å². The van der Waals surface area contributed by atoms with E-state index in [0.717, 1.165) is 19.3 Å². The van der Waals surface area contributed by atoms with Crippen LogP contribution in [0.2, 0.25) is 0 Å². The average Bonchev–Trinajstić information content (AvgIpc) is 2.77. The number of amides is 2. The van der Waals surface area contributed by atoms with Gasteiger partial charge in [-0.05, 0) is 12.8 Å². The Bertz CT molecular complexity index is 424. The molecule has 1 heterocycles. The number of hydrazone groups is 1. The number of hydrogen-bond acceptors (Lipinski definition) is 4. The number of carbonyl (C=O) groups is 3. The van der Waals surface area contributed by atoms with Gasteiger partial charge in [-0.15, -0.1) is 0 Å². The molecule has 2 rings (SSSR count). The summed E-state index contributed by atoms with van der Waals surface area (Å²) in [7, 11) is 0. The zero-order valence-electron chi connectivity index (χ0n) is 9.86. The van der Waals surface area contributed by atoms with E-state index in [0.29, 0.717) is 12.8 Å². The summed E-state index contributed by atoms with van der Waals surface area (Å²) in [6, 6.07) is 0. The first-order valence-electron chi connectivity index (χ1n) is 5.95. The molecule has 0 aromatic heterocycles. The van der Waals surface area contributed by atoms with E-state index < -0.39 is 17.4 Å². The largest absolute Gasteiger partial charge is 0.480 e. The van der Waals surface area contributed by atoms with Crippen molar-refractivity contribution < 1.29 is 19.5 Å². The van der Waals surface area contributed by atoms with E-state index in [-0.39, 0.29) is 18.0 Å². The van der Waals surface area contributed by atoms with Crippen molar-refractivity contribution >= 4 is 23.5 Å². The summed E-state index contributed by atoms with van der Waals surface area (Å²) in [5, 5.41) is 15.4. The topological polar surface area (TPSA) is 108 Å². The third-order valence-electron chi connectivity index (χ3n) is 3.37. The number of carboxylic acid groups (broad SMARTS) is 1. The van der Waals surface area contributed by atoms with Gasteiger partial charge in [-0.3, -0.25) is 9.59 Å². The van der Waals surface area contributed by atoms with Gasteiger partial charge in [-0.1, -0.05) is 19.3 Å². The highest BCUT2D eigenvalue weighted by molar-refractivity contribution is 6.43. The summed E-state index contributed by atoms with van der Waals surface area (Å²) in [6.07, 6.45) is 3.27. The molecule has 18 heavy (non-hydrogen) atoms. The minimum absolute atomic E-state index is 0.0474. The molecule has 1 aliphatic carbocycles. The van der Waals surface area contributed by atoms with E-state index in [1.54, 1.807) is 0 Å². The molecular weight excluding hydrogens is 238 g/mol. The van der Waals surface area contributed by atoms with E-state index in [1.807, 2.05) is 0 Å². The number of aliphatic carboxylic acids is 1. The lowest BCUT2D eigenvalue weighted by molar-refractivity contribution is -0.148. The van der Waals surface area contributed by atoms with Crippen molar-refractivity contribution in [3.63, 3.8) is 0 Å². The zero-order chi connectivity index (χ0) is 13.2. The van der Waals surface area contributed by atoms with Crippen LogP contribution in [0.4, 0.5) is 0 Å². The van der Waals surface area contributed by atoms with E-state index in [2.05, 4.69) is 15.8 Å². The molecule has 0 bridgehead atoms. The van der Waals surface area contributed by atoms with Crippen molar-refractivity contribution in [1.82, 2.24) is 10.7 Å². The number of nitrogens with one attached hydrogen (secondary N) is 2. The molecule has 2 aliphatic rings. The molecule has 0 aromatic carbocycles. The molecule has 0 unspecified atom stereocenters. The minimum atomic E-state index is -1.20. The first-order chi connectivity index (χ1) is 8.53. The minimum Gasteiger partial charge on any atom is -0.480 e. The molecule has 2 amide bonds. The molecule has 1 aliphatic heterocycles. The highest BCUT2D eigenvalue weighted by Crippen LogP contribution is 2.28. The zero-order valence-corrected chi connectivity index (χ0v) is 9.86. The summed E-state index contributed by atoms with van der Waals surface area (Å²) in [5.74, 6) is -1.95. The van der Waals surface area contributed by atoms with E-state index in [1.165, 1.54) is 0 Å². The maximum absolute atomic E-state index is 11.9. The average molecular weight is 253 g/mol. The second-order valence-corrected chi connectivity index (χ2v) is 4.67. The second kappa shape index (κ2) is 4.75. The van der Waals surface area contributed by atoms with Gasteiger partial charge in [-0.25, -0.2) is 10.2 Å². The normalized spacial score (nSPS) is 22.0. The Kier molecular flexibility index (Phi) is 3.31. The fourth-order valence-electron chi connectivity index (χ4n) is 2.33. The maximum atomic E-state index is 11.9. The first-order valence-corrected chi connectivity index (χ1v) is 5.95. The van der Waals surface area contributed by atoms with Gasteiger partial charge in [-0.2, -0.15) is 5.10 Å². The lowest BCUT2D eigenvalue weighted by Crippen LogP contribution is -2.57. The van der Waals surface area contributed by atoms with Crippen molar-refractivity contribution in [2.75, 3.05) is 0 Å². The summed E-state index contributed by atoms with van der Waals surface area (Å²) in [6.45, 7) is 0. The van der Waals surface area contributed by atoms with Crippen LogP contribution in [0.1, 0.15) is 38.5 Å². The molecule has 0 atom stereocenters. The van der Waals surface area contributed by atoms with Gasteiger partial charge in [0.05, 0.1) is 6.42 Å². The summed E-state index contributed by atoms with van der Waals surface area (Å²) < 4.78 is 0. The fraction of sp³-hybridized carbons (Fsp3) is 0.636. The Balaban J connectivity index is 2.07. The van der Waals surface area contributed by atoms with Gasteiger partial charge in [0, 0.05) is 0 Å². The molecule has 98 valence electrons. The van der Waals surface area contributed by atoms with Gasteiger partial charge in [0.15, 0.2) is 0 Å². The van der Waals surface area contributed by atoms with Crippen LogP contribution in [-0.4, -0.2) is 34.1 Å². The van der Waals surface area contributed by atoms with Crippen molar-refractivity contribution in [2.24, 2.45) is 5.10 Å². The summed E-state index contributed by atoms with van der Waals surface area (Å²) in [5.41, 5.74) is 1.01. The molecule has 0 radical (unpaired) electrons. The maximum Gasteiger partial charge on any atom is 0.329 e. The van der Waals surface area contributed by atoms with Crippen LogP contribution >= 0.6 is 0 Å². The molecule has 1 fully saturated rings. The van der Waals surface area contributed by atoms with Crippen molar-refractivity contribution in [2.45, 2.75) is 44.1 Å². The number of hydrogen-bond donors (Lipinski definition) is 3. The summed E-state index contributed by atoms with van der Waals surface area (Å²) >= 11 is 0. The van der Waals surface area contributed by atoms with Crippen molar-refractivity contribution in [1.29, 1.82) is 0 Å². The predicted molar refractivity (Wildman–Crippen MR) is 61.8 cm³/mol.